The molecule has 2 aromatic heterocycles. The monoisotopic (exact) mass is 563 g/mol. The summed E-state index contributed by atoms with van der Waals surface area (Å²) in [6.45, 7) is 4.00. The summed E-state index contributed by atoms with van der Waals surface area (Å²) in [5, 5.41) is 15.8. The topological polar surface area (TPSA) is 94.7 Å². The molecule has 5 rings (SSSR count). The minimum atomic E-state index is -0.437. The van der Waals surface area contributed by atoms with Crippen LogP contribution in [0.3, 0.4) is 0 Å². The molecule has 200 valence electrons. The minimum absolute atomic E-state index is 0.0404. The van der Waals surface area contributed by atoms with E-state index in [9.17, 15) is 10.1 Å². The number of anilines is 1. The van der Waals surface area contributed by atoms with Crippen LogP contribution < -0.4 is 19.7 Å². The molecule has 0 bridgehead atoms. The molecule has 2 aromatic carbocycles. The number of pyridine rings is 1. The third-order valence-corrected chi connectivity index (χ3v) is 7.53. The summed E-state index contributed by atoms with van der Waals surface area (Å²) in [7, 11) is 3.08. The normalized spacial score (nSPS) is 16.7. The zero-order valence-electron chi connectivity index (χ0n) is 21.7. The number of nitro groups is 1. The second-order valence-corrected chi connectivity index (χ2v) is 9.88. The number of nitrogens with zero attached hydrogens (tertiary/aromatic N) is 4. The van der Waals surface area contributed by atoms with Crippen molar-refractivity contribution >= 4 is 40.3 Å². The molecule has 1 aliphatic heterocycles. The van der Waals surface area contributed by atoms with Crippen molar-refractivity contribution < 1.29 is 14.4 Å². The van der Waals surface area contributed by atoms with Gasteiger partial charge in [0.05, 0.1) is 53.7 Å². The van der Waals surface area contributed by atoms with Gasteiger partial charge in [0.1, 0.15) is 11.5 Å². The molecule has 0 spiro atoms. The molecule has 1 saturated heterocycles. The first-order chi connectivity index (χ1) is 18.7. The lowest BCUT2D eigenvalue weighted by atomic mass is 9.96. The van der Waals surface area contributed by atoms with E-state index in [1.165, 1.54) is 19.2 Å². The van der Waals surface area contributed by atoms with Crippen molar-refractivity contribution in [2.45, 2.75) is 25.9 Å². The maximum absolute atomic E-state index is 11.4. The number of halogens is 1. The van der Waals surface area contributed by atoms with Gasteiger partial charge in [0.2, 0.25) is 0 Å². The Bertz CT molecular complexity index is 1580. The second kappa shape index (κ2) is 10.5. The smallest absolute Gasteiger partial charge is 0.273 e. The summed E-state index contributed by atoms with van der Waals surface area (Å²) in [4.78, 5) is 17.6. The fourth-order valence-electron chi connectivity index (χ4n) is 5.18. The van der Waals surface area contributed by atoms with E-state index in [1.807, 2.05) is 59.7 Å². The van der Waals surface area contributed by atoms with E-state index in [-0.39, 0.29) is 17.8 Å². The quantitative estimate of drug-likeness (QED) is 0.160. The Kier molecular flexibility index (Phi) is 7.16. The second-order valence-electron chi connectivity index (χ2n) is 9.09. The lowest BCUT2D eigenvalue weighted by Crippen LogP contribution is -2.29. The molecule has 3 heterocycles. The molecule has 0 amide bonds. The van der Waals surface area contributed by atoms with E-state index in [0.717, 1.165) is 28.3 Å². The van der Waals surface area contributed by atoms with E-state index >= 15 is 0 Å². The van der Waals surface area contributed by atoms with Gasteiger partial charge in [-0.2, -0.15) is 0 Å². The molecular formula is C28H26ClN5O4S. The van der Waals surface area contributed by atoms with E-state index in [0.29, 0.717) is 27.3 Å². The summed E-state index contributed by atoms with van der Waals surface area (Å²) in [5.74, 6) is 0.970. The van der Waals surface area contributed by atoms with Gasteiger partial charge in [-0.25, -0.2) is 0 Å². The number of aromatic nitrogens is 2. The van der Waals surface area contributed by atoms with E-state index < -0.39 is 4.92 Å². The fourth-order valence-corrected chi connectivity index (χ4v) is 5.77. The van der Waals surface area contributed by atoms with E-state index in [2.05, 4.69) is 16.4 Å². The number of non-ortho nitro benzene ring substituents is 1. The van der Waals surface area contributed by atoms with E-state index in [1.54, 1.807) is 19.4 Å². The molecule has 39 heavy (non-hydrogen) atoms. The average Bonchev–Trinajstić information content (AvgIpc) is 3.43. The predicted molar refractivity (Wildman–Crippen MR) is 154 cm³/mol. The SMILES string of the molecule is COc1ccc(N2C(=S)N[C@@H](c3ccccn3)[C@@H]2c2cc(C)n(-c3ccc([N+](=O)[O-])cc3OC)c2C)cc1Cl. The van der Waals surface area contributed by atoms with Crippen molar-refractivity contribution in [3.8, 4) is 17.2 Å². The number of nitro benzene ring substituents is 1. The number of nitrogens with one attached hydrogen (secondary N) is 1. The molecule has 9 nitrogen and oxygen atoms in total. The molecule has 11 heteroatoms. The lowest BCUT2D eigenvalue weighted by molar-refractivity contribution is -0.384. The Morgan fingerprint density at radius 1 is 1.05 bits per heavy atom. The van der Waals surface area contributed by atoms with Crippen LogP contribution in [0.4, 0.5) is 11.4 Å². The first-order valence-electron chi connectivity index (χ1n) is 12.1. The highest BCUT2D eigenvalue weighted by Crippen LogP contribution is 2.45. The van der Waals surface area contributed by atoms with Gasteiger partial charge in [0, 0.05) is 29.3 Å². The summed E-state index contributed by atoms with van der Waals surface area (Å²) in [5.41, 5.74) is 5.17. The highest BCUT2D eigenvalue weighted by atomic mass is 35.5. The van der Waals surface area contributed by atoms with E-state index in [4.69, 9.17) is 33.3 Å². The number of hydrogen-bond acceptors (Lipinski definition) is 6. The Morgan fingerprint density at radius 2 is 1.82 bits per heavy atom. The predicted octanol–water partition coefficient (Wildman–Crippen LogP) is 6.25. The van der Waals surface area contributed by atoms with Gasteiger partial charge in [-0.3, -0.25) is 15.1 Å². The maximum atomic E-state index is 11.4. The number of thiocarbonyl (C=S) groups is 1. The number of benzene rings is 2. The Labute approximate surface area is 236 Å². The molecule has 1 N–H and O–H groups in total. The number of methoxy groups -OCH3 is 2. The van der Waals surface area contributed by atoms with Crippen molar-refractivity contribution in [1.82, 2.24) is 14.9 Å². The standard InChI is InChI=1S/C28H26ClN5O4S/c1-16-13-20(17(2)32(16)23-10-8-19(34(35)36)15-25(23)38-4)27-26(22-7-5-6-12-30-22)31-28(39)33(27)18-9-11-24(37-3)21(29)14-18/h5-15,26-27H,1-4H3,(H,31,39)/t26-,27-/m0/s1. The zero-order valence-corrected chi connectivity index (χ0v) is 23.3. The maximum Gasteiger partial charge on any atom is 0.273 e. The molecule has 0 unspecified atom stereocenters. The highest BCUT2D eigenvalue weighted by molar-refractivity contribution is 7.80. The lowest BCUT2D eigenvalue weighted by Gasteiger charge is -2.28. The summed E-state index contributed by atoms with van der Waals surface area (Å²) in [6, 6.07) is 17.5. The highest BCUT2D eigenvalue weighted by Gasteiger charge is 2.42. The van der Waals surface area contributed by atoms with Gasteiger partial charge >= 0.3 is 0 Å². The summed E-state index contributed by atoms with van der Waals surface area (Å²) in [6.07, 6.45) is 1.76. The molecular weight excluding hydrogens is 538 g/mol. The molecule has 1 aliphatic rings. The first-order valence-corrected chi connectivity index (χ1v) is 12.9. The van der Waals surface area contributed by atoms with Crippen LogP contribution >= 0.6 is 23.8 Å². The third-order valence-electron chi connectivity index (χ3n) is 6.92. The Morgan fingerprint density at radius 3 is 2.46 bits per heavy atom. The number of aryl methyl sites for hydroxylation is 1. The van der Waals surface area contributed by atoms with Crippen LogP contribution in [-0.2, 0) is 0 Å². The molecule has 0 saturated carbocycles. The zero-order chi connectivity index (χ0) is 27.8. The van der Waals surface area contributed by atoms with Gasteiger partial charge in [0.25, 0.3) is 5.69 Å². The first kappa shape index (κ1) is 26.5. The molecule has 2 atom stereocenters. The van der Waals surface area contributed by atoms with Crippen LogP contribution in [-0.4, -0.2) is 33.8 Å². The Hall–Kier alpha value is -4.15. The van der Waals surface area contributed by atoms with Crippen molar-refractivity contribution in [2.24, 2.45) is 0 Å². The molecule has 0 radical (unpaired) electrons. The van der Waals surface area contributed by atoms with Crippen LogP contribution in [0.1, 0.15) is 34.7 Å². The number of rotatable bonds is 7. The van der Waals surface area contributed by atoms with Gasteiger partial charge in [0.15, 0.2) is 5.11 Å². The van der Waals surface area contributed by atoms with Gasteiger partial charge in [-0.1, -0.05) is 17.7 Å². The third kappa shape index (κ3) is 4.66. The Balaban J connectivity index is 1.69. The van der Waals surface area contributed by atoms with Crippen LogP contribution in [0.5, 0.6) is 11.5 Å². The van der Waals surface area contributed by atoms with Gasteiger partial charge < -0.3 is 24.3 Å². The number of ether oxygens (including phenoxy) is 2. The molecule has 4 aromatic rings. The van der Waals surface area contributed by atoms with Crippen LogP contribution in [0.15, 0.2) is 66.9 Å². The molecule has 1 fully saturated rings. The van der Waals surface area contributed by atoms with Crippen LogP contribution in [0.2, 0.25) is 5.02 Å². The van der Waals surface area contributed by atoms with Crippen molar-refractivity contribution in [2.75, 3.05) is 19.1 Å². The van der Waals surface area contributed by atoms with Gasteiger partial charge in [-0.15, -0.1) is 0 Å². The van der Waals surface area contributed by atoms with Crippen molar-refractivity contribution in [1.29, 1.82) is 0 Å². The van der Waals surface area contributed by atoms with Crippen LogP contribution in [0, 0.1) is 24.0 Å². The fraction of sp³-hybridized carbons (Fsp3) is 0.214. The molecule has 0 aliphatic carbocycles. The van der Waals surface area contributed by atoms with Crippen molar-refractivity contribution in [3.63, 3.8) is 0 Å². The van der Waals surface area contributed by atoms with Crippen molar-refractivity contribution in [3.05, 3.63) is 105 Å². The minimum Gasteiger partial charge on any atom is -0.495 e. The largest absolute Gasteiger partial charge is 0.495 e. The average molecular weight is 564 g/mol. The summed E-state index contributed by atoms with van der Waals surface area (Å²) < 4.78 is 13.0. The van der Waals surface area contributed by atoms with Gasteiger partial charge in [-0.05, 0) is 74.1 Å². The number of hydrogen-bond donors (Lipinski definition) is 1. The van der Waals surface area contributed by atoms with Crippen LogP contribution in [0.25, 0.3) is 5.69 Å². The summed E-state index contributed by atoms with van der Waals surface area (Å²) >= 11 is 12.4.